The maximum Gasteiger partial charge on any atom is 0.335 e. The van der Waals surface area contributed by atoms with Gasteiger partial charge in [-0.15, -0.1) is 0 Å². The molecule has 0 aliphatic heterocycles. The number of carboxylic acid groups (broad SMARTS) is 1. The summed E-state index contributed by atoms with van der Waals surface area (Å²) < 4.78 is 5.66. The van der Waals surface area contributed by atoms with Gasteiger partial charge in [0.05, 0.1) is 16.7 Å². The molecule has 1 amide bonds. The molecule has 3 aromatic carbocycles. The molecule has 0 saturated heterocycles. The fraction of sp³-hybridized carbons (Fsp3) is 0.200. The van der Waals surface area contributed by atoms with Gasteiger partial charge in [-0.1, -0.05) is 54.1 Å². The highest BCUT2D eigenvalue weighted by atomic mass is 35.5. The highest BCUT2D eigenvalue weighted by Gasteiger charge is 2.19. The second-order valence-electron chi connectivity index (χ2n) is 7.46. The van der Waals surface area contributed by atoms with Crippen LogP contribution in [0, 0.1) is 0 Å². The van der Waals surface area contributed by atoms with E-state index in [1.165, 1.54) is 12.1 Å². The first kappa shape index (κ1) is 22.4. The van der Waals surface area contributed by atoms with Crippen molar-refractivity contribution in [3.05, 3.63) is 100 Å². The molecule has 0 aliphatic rings. The number of hydrogen-bond donors (Lipinski definition) is 1. The predicted octanol–water partition coefficient (Wildman–Crippen LogP) is 5.67. The van der Waals surface area contributed by atoms with Crippen LogP contribution in [0.2, 0.25) is 5.02 Å². The molecule has 0 radical (unpaired) electrons. The summed E-state index contributed by atoms with van der Waals surface area (Å²) in [7, 11) is 0. The molecule has 0 aromatic heterocycles. The van der Waals surface area contributed by atoms with Gasteiger partial charge in [-0.25, -0.2) is 4.79 Å². The molecule has 31 heavy (non-hydrogen) atoms. The third kappa shape index (κ3) is 6.09. The second kappa shape index (κ2) is 10.1. The van der Waals surface area contributed by atoms with Crippen molar-refractivity contribution < 1.29 is 19.4 Å². The first-order valence-electron chi connectivity index (χ1n) is 9.95. The number of aromatic carboxylic acids is 1. The molecule has 0 aliphatic carbocycles. The number of ether oxygens (including phenoxy) is 1. The quantitative estimate of drug-likeness (QED) is 0.493. The van der Waals surface area contributed by atoms with Crippen LogP contribution in [-0.4, -0.2) is 28.0 Å². The van der Waals surface area contributed by atoms with Crippen molar-refractivity contribution in [1.82, 2.24) is 4.90 Å². The van der Waals surface area contributed by atoms with Crippen LogP contribution in [0.4, 0.5) is 0 Å². The third-order valence-corrected chi connectivity index (χ3v) is 4.91. The molecule has 1 N–H and O–H groups in total. The Kier molecular flexibility index (Phi) is 7.32. The number of carboxylic acids is 1. The van der Waals surface area contributed by atoms with Gasteiger partial charge >= 0.3 is 5.97 Å². The summed E-state index contributed by atoms with van der Waals surface area (Å²) >= 11 is 6.34. The van der Waals surface area contributed by atoms with Gasteiger partial charge in [-0.2, -0.15) is 0 Å². The fourth-order valence-corrected chi connectivity index (χ4v) is 3.37. The van der Waals surface area contributed by atoms with Gasteiger partial charge < -0.3 is 14.7 Å². The number of carbonyl (C=O) groups is 2. The third-order valence-electron chi connectivity index (χ3n) is 4.62. The highest BCUT2D eigenvalue weighted by Crippen LogP contribution is 2.27. The normalized spacial score (nSPS) is 10.7. The van der Waals surface area contributed by atoms with E-state index in [2.05, 4.69) is 0 Å². The number of rotatable bonds is 8. The topological polar surface area (TPSA) is 66.8 Å². The molecule has 0 heterocycles. The Morgan fingerprint density at radius 3 is 2.03 bits per heavy atom. The van der Waals surface area contributed by atoms with Crippen LogP contribution in [0.5, 0.6) is 5.75 Å². The van der Waals surface area contributed by atoms with Gasteiger partial charge in [0.25, 0.3) is 5.91 Å². The molecule has 0 unspecified atom stereocenters. The first-order chi connectivity index (χ1) is 14.8. The molecule has 5 nitrogen and oxygen atoms in total. The van der Waals surface area contributed by atoms with Crippen LogP contribution in [0.15, 0.2) is 72.8 Å². The number of carbonyl (C=O) groups excluding carboxylic acids is 1. The summed E-state index contributed by atoms with van der Waals surface area (Å²) in [4.78, 5) is 26.2. The average molecular weight is 438 g/mol. The lowest BCUT2D eigenvalue weighted by atomic mass is 10.1. The van der Waals surface area contributed by atoms with E-state index in [-0.39, 0.29) is 17.6 Å². The molecule has 0 fully saturated rings. The number of halogens is 1. The number of nitrogens with zero attached hydrogens (tertiary/aromatic N) is 1. The van der Waals surface area contributed by atoms with Gasteiger partial charge in [-0.3, -0.25) is 4.79 Å². The molecule has 6 heteroatoms. The average Bonchev–Trinajstić information content (AvgIpc) is 2.75. The fourth-order valence-electron chi connectivity index (χ4n) is 3.14. The molecule has 3 rings (SSSR count). The van der Waals surface area contributed by atoms with Crippen molar-refractivity contribution in [1.29, 1.82) is 0 Å². The van der Waals surface area contributed by atoms with Crippen molar-refractivity contribution in [3.8, 4) is 5.75 Å². The van der Waals surface area contributed by atoms with Crippen LogP contribution in [0.1, 0.15) is 45.7 Å². The zero-order valence-corrected chi connectivity index (χ0v) is 18.2. The van der Waals surface area contributed by atoms with Crippen LogP contribution in [0.25, 0.3) is 0 Å². The van der Waals surface area contributed by atoms with E-state index in [4.69, 9.17) is 21.4 Å². The smallest absolute Gasteiger partial charge is 0.335 e. The van der Waals surface area contributed by atoms with Crippen LogP contribution in [0.3, 0.4) is 0 Å². The Morgan fingerprint density at radius 1 is 0.903 bits per heavy atom. The molecule has 0 bridgehead atoms. The second-order valence-corrected chi connectivity index (χ2v) is 7.87. The van der Waals surface area contributed by atoms with E-state index >= 15 is 0 Å². The molecular formula is C25H24ClNO4. The summed E-state index contributed by atoms with van der Waals surface area (Å²) in [5.41, 5.74) is 2.49. The van der Waals surface area contributed by atoms with Crippen molar-refractivity contribution in [3.63, 3.8) is 0 Å². The van der Waals surface area contributed by atoms with E-state index in [9.17, 15) is 9.59 Å². The van der Waals surface area contributed by atoms with Crippen LogP contribution < -0.4 is 4.74 Å². The van der Waals surface area contributed by atoms with Gasteiger partial charge in [0.2, 0.25) is 0 Å². The van der Waals surface area contributed by atoms with E-state index in [0.717, 1.165) is 11.1 Å². The zero-order chi connectivity index (χ0) is 22.4. The number of amides is 1. The van der Waals surface area contributed by atoms with Gasteiger partial charge in [0.15, 0.2) is 0 Å². The Hall–Kier alpha value is -3.31. The number of hydrogen-bond acceptors (Lipinski definition) is 3. The Bertz CT molecular complexity index is 1050. The highest BCUT2D eigenvalue weighted by molar-refractivity contribution is 6.32. The Balaban J connectivity index is 1.87. The lowest BCUT2D eigenvalue weighted by molar-refractivity contribution is 0.0693. The van der Waals surface area contributed by atoms with E-state index in [0.29, 0.717) is 29.4 Å². The summed E-state index contributed by atoms with van der Waals surface area (Å²) in [5.74, 6) is -0.627. The lowest BCUT2D eigenvalue weighted by Crippen LogP contribution is -2.30. The van der Waals surface area contributed by atoms with Gasteiger partial charge in [0, 0.05) is 18.7 Å². The van der Waals surface area contributed by atoms with Crippen molar-refractivity contribution in [2.75, 3.05) is 0 Å². The molecule has 0 spiro atoms. The monoisotopic (exact) mass is 437 g/mol. The summed E-state index contributed by atoms with van der Waals surface area (Å²) in [6, 6.07) is 21.2. The van der Waals surface area contributed by atoms with Gasteiger partial charge in [-0.05, 0) is 55.3 Å². The molecular weight excluding hydrogens is 414 g/mol. The first-order valence-corrected chi connectivity index (χ1v) is 10.3. The van der Waals surface area contributed by atoms with Crippen LogP contribution >= 0.6 is 11.6 Å². The van der Waals surface area contributed by atoms with Gasteiger partial charge in [0.1, 0.15) is 5.75 Å². The summed E-state index contributed by atoms with van der Waals surface area (Å²) in [6.07, 6.45) is -0.0256. The Morgan fingerprint density at radius 2 is 1.48 bits per heavy atom. The molecule has 0 atom stereocenters. The van der Waals surface area contributed by atoms with Crippen molar-refractivity contribution in [2.45, 2.75) is 33.0 Å². The largest absolute Gasteiger partial charge is 0.489 e. The molecule has 160 valence electrons. The minimum atomic E-state index is -0.984. The summed E-state index contributed by atoms with van der Waals surface area (Å²) in [6.45, 7) is 4.55. The van der Waals surface area contributed by atoms with Crippen LogP contribution in [-0.2, 0) is 13.1 Å². The SMILES string of the molecule is CC(C)Oc1ccc(C(=O)N(Cc2ccccc2)Cc2ccc(C(=O)O)cc2)cc1Cl. The lowest BCUT2D eigenvalue weighted by Gasteiger charge is -2.24. The number of benzene rings is 3. The minimum Gasteiger partial charge on any atom is -0.489 e. The standard InChI is InChI=1S/C25H24ClNO4/c1-17(2)31-23-13-12-21(14-22(23)26)24(28)27(15-18-6-4-3-5-7-18)16-19-8-10-20(11-9-19)25(29)30/h3-14,17H,15-16H2,1-2H3,(H,29,30). The zero-order valence-electron chi connectivity index (χ0n) is 17.4. The van der Waals surface area contributed by atoms with E-state index in [1.807, 2.05) is 44.2 Å². The van der Waals surface area contributed by atoms with Crippen molar-refractivity contribution >= 4 is 23.5 Å². The Labute approximate surface area is 186 Å². The maximum atomic E-state index is 13.3. The molecule has 0 saturated carbocycles. The minimum absolute atomic E-state index is 0.0256. The summed E-state index contributed by atoms with van der Waals surface area (Å²) in [5, 5.41) is 9.48. The van der Waals surface area contributed by atoms with E-state index in [1.54, 1.807) is 35.2 Å². The predicted molar refractivity (Wildman–Crippen MR) is 121 cm³/mol. The molecule has 3 aromatic rings. The van der Waals surface area contributed by atoms with Crippen molar-refractivity contribution in [2.24, 2.45) is 0 Å². The maximum absolute atomic E-state index is 13.3. The van der Waals surface area contributed by atoms with E-state index < -0.39 is 5.97 Å².